The van der Waals surface area contributed by atoms with Crippen molar-refractivity contribution in [1.82, 2.24) is 4.90 Å². The predicted octanol–water partition coefficient (Wildman–Crippen LogP) is 3.30. The van der Waals surface area contributed by atoms with Crippen LogP contribution in [-0.4, -0.2) is 61.1 Å². The lowest BCUT2D eigenvalue weighted by atomic mass is 9.90. The van der Waals surface area contributed by atoms with Crippen LogP contribution in [0.5, 0.6) is 0 Å². The molecule has 3 saturated heterocycles. The van der Waals surface area contributed by atoms with E-state index in [1.165, 1.54) is 41.8 Å². The lowest BCUT2D eigenvalue weighted by Crippen LogP contribution is -2.67. The summed E-state index contributed by atoms with van der Waals surface area (Å²) in [7, 11) is -3.64. The van der Waals surface area contributed by atoms with Crippen molar-refractivity contribution in [2.75, 3.05) is 33.2 Å². The van der Waals surface area contributed by atoms with Crippen molar-refractivity contribution in [2.45, 2.75) is 17.6 Å². The number of rotatable bonds is 2. The van der Waals surface area contributed by atoms with Crippen LogP contribution in [0.4, 0.5) is 13.2 Å². The molecule has 4 atom stereocenters. The molecule has 0 spiro atoms. The zero-order valence-corrected chi connectivity index (χ0v) is 16.7. The summed E-state index contributed by atoms with van der Waals surface area (Å²) in [4.78, 5) is 2.69. The predicted molar refractivity (Wildman–Crippen MR) is 102 cm³/mol. The van der Waals surface area contributed by atoms with Crippen molar-refractivity contribution in [3.05, 3.63) is 71.8 Å². The first-order chi connectivity index (χ1) is 13.5. The van der Waals surface area contributed by atoms with Crippen LogP contribution >= 0.6 is 0 Å². The first-order valence-electron chi connectivity index (χ1n) is 9.21. The zero-order chi connectivity index (χ0) is 21.3. The minimum absolute atomic E-state index is 0.588. The summed E-state index contributed by atoms with van der Waals surface area (Å²) in [6.07, 6.45) is 0. The molecule has 0 aliphatic carbocycles. The Bertz CT molecular complexity index is 923. The highest BCUT2D eigenvalue weighted by atomic mass is 32.2. The Kier molecular flexibility index (Phi) is 6.05. The lowest BCUT2D eigenvalue weighted by Gasteiger charge is -2.57. The van der Waals surface area contributed by atoms with Crippen LogP contribution in [0.2, 0.25) is 0 Å². The number of hydrogen-bond acceptors (Lipinski definition) is 4. The number of likely N-dealkylation sites (N-methyl/N-ethyl adjacent to an activating group) is 1. The van der Waals surface area contributed by atoms with Crippen LogP contribution in [0, 0.1) is 0 Å². The summed E-state index contributed by atoms with van der Waals surface area (Å²) in [5.41, 5.74) is -2.67. The molecule has 3 fully saturated rings. The summed E-state index contributed by atoms with van der Waals surface area (Å²) in [6.45, 7) is 4.89. The second-order valence-electron chi connectivity index (χ2n) is 7.63. The number of fused-ring (bicyclic) bond motifs is 3. The fraction of sp³-hybridized carbons (Fsp3) is 0.400. The minimum Gasteiger partial charge on any atom is -0.741 e. The van der Waals surface area contributed by atoms with E-state index in [-0.39, 0.29) is 0 Å². The highest BCUT2D eigenvalue weighted by Crippen LogP contribution is 2.42. The standard InChI is InChI=1S/C19H23N2.CHF3O3S/c1-21-13-12-20(14-19(21)17-10-6-3-7-11-17)18(15-21)16-8-4-2-5-9-16;2-1(3,4)8(5,6)7/h2-11,18-19H,12-15H2,1H3;(H,5,6,7)/q+1;/p-1/t18-,19-,21-;/m0./s1. The molecule has 3 aliphatic rings. The maximum atomic E-state index is 10.7. The van der Waals surface area contributed by atoms with Gasteiger partial charge in [-0.3, -0.25) is 4.90 Å². The van der Waals surface area contributed by atoms with E-state index < -0.39 is 15.6 Å². The highest BCUT2D eigenvalue weighted by molar-refractivity contribution is 7.86. The molecule has 0 amide bonds. The third-order valence-electron chi connectivity index (χ3n) is 5.74. The maximum absolute atomic E-state index is 10.7. The number of nitrogens with zero attached hydrogens (tertiary/aromatic N) is 2. The second-order valence-corrected chi connectivity index (χ2v) is 9.00. The molecule has 9 heteroatoms. The number of alkyl halides is 3. The molecule has 3 heterocycles. The average molecular weight is 428 g/mol. The number of hydrogen-bond donors (Lipinski definition) is 0. The molecule has 0 N–H and O–H groups in total. The van der Waals surface area contributed by atoms with Gasteiger partial charge in [0, 0.05) is 12.1 Å². The van der Waals surface area contributed by atoms with Crippen LogP contribution in [-0.2, 0) is 10.1 Å². The van der Waals surface area contributed by atoms with Gasteiger partial charge in [0.15, 0.2) is 10.1 Å². The van der Waals surface area contributed by atoms with Crippen LogP contribution < -0.4 is 0 Å². The summed E-state index contributed by atoms with van der Waals surface area (Å²) < 4.78 is 60.1. The molecule has 3 aliphatic heterocycles. The van der Waals surface area contributed by atoms with Crippen molar-refractivity contribution >= 4 is 10.1 Å². The van der Waals surface area contributed by atoms with Crippen molar-refractivity contribution in [3.8, 4) is 0 Å². The van der Waals surface area contributed by atoms with Gasteiger partial charge in [0.05, 0.1) is 32.7 Å². The topological polar surface area (TPSA) is 60.4 Å². The van der Waals surface area contributed by atoms with Gasteiger partial charge in [0.2, 0.25) is 0 Å². The van der Waals surface area contributed by atoms with E-state index in [0.29, 0.717) is 12.1 Å². The van der Waals surface area contributed by atoms with Gasteiger partial charge >= 0.3 is 5.51 Å². The molecule has 2 aromatic rings. The van der Waals surface area contributed by atoms with Gasteiger partial charge in [-0.05, 0) is 5.56 Å². The van der Waals surface area contributed by atoms with Gasteiger partial charge in [-0.25, -0.2) is 8.42 Å². The van der Waals surface area contributed by atoms with E-state index in [0.717, 1.165) is 0 Å². The normalized spacial score (nSPS) is 29.1. The van der Waals surface area contributed by atoms with Crippen molar-refractivity contribution in [3.63, 3.8) is 0 Å². The second kappa shape index (κ2) is 8.06. The van der Waals surface area contributed by atoms with E-state index in [2.05, 4.69) is 72.6 Å². The van der Waals surface area contributed by atoms with Crippen molar-refractivity contribution < 1.29 is 30.6 Å². The molecule has 29 heavy (non-hydrogen) atoms. The van der Waals surface area contributed by atoms with Gasteiger partial charge in [-0.15, -0.1) is 0 Å². The third-order valence-corrected chi connectivity index (χ3v) is 6.31. The molecule has 5 nitrogen and oxygen atoms in total. The highest BCUT2D eigenvalue weighted by Gasteiger charge is 2.49. The molecular weight excluding hydrogens is 405 g/mol. The summed E-state index contributed by atoms with van der Waals surface area (Å²) >= 11 is 0. The van der Waals surface area contributed by atoms with Crippen LogP contribution in [0.3, 0.4) is 0 Å². The Morgan fingerprint density at radius 1 is 1.00 bits per heavy atom. The van der Waals surface area contributed by atoms with Gasteiger partial charge in [0.25, 0.3) is 0 Å². The van der Waals surface area contributed by atoms with Gasteiger partial charge in [-0.2, -0.15) is 13.2 Å². The van der Waals surface area contributed by atoms with Crippen LogP contribution in [0.1, 0.15) is 23.2 Å². The van der Waals surface area contributed by atoms with E-state index in [1.807, 2.05) is 0 Å². The van der Waals surface area contributed by atoms with Gasteiger partial charge in [0.1, 0.15) is 6.04 Å². The van der Waals surface area contributed by atoms with E-state index >= 15 is 0 Å². The van der Waals surface area contributed by atoms with Crippen LogP contribution in [0.15, 0.2) is 60.7 Å². The summed E-state index contributed by atoms with van der Waals surface area (Å²) in [5.74, 6) is 0. The fourth-order valence-corrected chi connectivity index (χ4v) is 4.17. The molecule has 2 aromatic carbocycles. The summed E-state index contributed by atoms with van der Waals surface area (Å²) in [5, 5.41) is 0. The average Bonchev–Trinajstić information content (AvgIpc) is 2.68. The van der Waals surface area contributed by atoms with Crippen LogP contribution in [0.25, 0.3) is 0 Å². The third kappa shape index (κ3) is 4.80. The minimum atomic E-state index is -6.09. The van der Waals surface area contributed by atoms with Gasteiger partial charge < -0.3 is 9.04 Å². The quantitative estimate of drug-likeness (QED) is 0.418. The number of halogens is 3. The first kappa shape index (κ1) is 21.8. The van der Waals surface area contributed by atoms with E-state index in [4.69, 9.17) is 13.0 Å². The molecule has 0 aromatic heterocycles. The summed E-state index contributed by atoms with van der Waals surface area (Å²) in [6, 6.07) is 23.3. The Labute approximate surface area is 168 Å². The fourth-order valence-electron chi connectivity index (χ4n) is 4.17. The van der Waals surface area contributed by atoms with E-state index in [9.17, 15) is 13.2 Å². The maximum Gasteiger partial charge on any atom is 0.485 e. The zero-order valence-electron chi connectivity index (χ0n) is 15.9. The Morgan fingerprint density at radius 2 is 1.48 bits per heavy atom. The Balaban J connectivity index is 0.000000258. The molecule has 0 radical (unpaired) electrons. The molecular formula is C20H23F3N2O3S. The van der Waals surface area contributed by atoms with E-state index in [1.54, 1.807) is 0 Å². The SMILES string of the molecule is C[N@@+]12CCN(C[C@H]1c1ccccc1)[C@H](c1ccccc1)C2.O=S(=O)([O-])C(F)(F)F. The Morgan fingerprint density at radius 3 is 1.93 bits per heavy atom. The number of piperazine rings is 3. The monoisotopic (exact) mass is 428 g/mol. The molecule has 5 rings (SSSR count). The molecule has 2 bridgehead atoms. The lowest BCUT2D eigenvalue weighted by molar-refractivity contribution is -0.957. The largest absolute Gasteiger partial charge is 0.741 e. The van der Waals surface area contributed by atoms with Crippen molar-refractivity contribution in [2.24, 2.45) is 0 Å². The Hall–Kier alpha value is -1.94. The molecule has 0 saturated carbocycles. The number of benzene rings is 2. The van der Waals surface area contributed by atoms with Crippen molar-refractivity contribution in [1.29, 1.82) is 0 Å². The molecule has 1 unspecified atom stereocenters. The number of quaternary nitrogens is 1. The first-order valence-corrected chi connectivity index (χ1v) is 10.6. The van der Waals surface area contributed by atoms with Gasteiger partial charge in [-0.1, -0.05) is 60.7 Å². The molecule has 158 valence electrons. The smallest absolute Gasteiger partial charge is 0.485 e.